The molecule has 1 aliphatic heterocycles. The first-order valence-corrected chi connectivity index (χ1v) is 7.09. The van der Waals surface area contributed by atoms with Gasteiger partial charge in [0.1, 0.15) is 0 Å². The molecule has 0 saturated carbocycles. The molecule has 0 aromatic carbocycles. The number of aromatic nitrogens is 3. The number of nitrogens with one attached hydrogen (secondary N) is 2. The van der Waals surface area contributed by atoms with Crippen molar-refractivity contribution in [2.24, 2.45) is 5.92 Å². The minimum absolute atomic E-state index is 0.710. The van der Waals surface area contributed by atoms with Crippen molar-refractivity contribution in [2.45, 2.75) is 12.8 Å². The van der Waals surface area contributed by atoms with Gasteiger partial charge in [-0.25, -0.2) is 9.97 Å². The molecule has 1 saturated heterocycles. The monoisotopic (exact) mass is 269 g/mol. The lowest BCUT2D eigenvalue weighted by atomic mass is 9.98. The van der Waals surface area contributed by atoms with Crippen molar-refractivity contribution in [1.82, 2.24) is 20.3 Å². The van der Waals surface area contributed by atoms with E-state index in [4.69, 9.17) is 0 Å². The van der Waals surface area contributed by atoms with Gasteiger partial charge in [-0.05, 0) is 49.5 Å². The maximum Gasteiger partial charge on any atom is 0.222 e. The van der Waals surface area contributed by atoms with Crippen LogP contribution in [0, 0.1) is 5.92 Å². The Kier molecular flexibility index (Phi) is 4.18. The van der Waals surface area contributed by atoms with E-state index in [1.54, 1.807) is 12.4 Å². The first-order chi connectivity index (χ1) is 9.92. The maximum atomic E-state index is 4.38. The van der Waals surface area contributed by atoms with Gasteiger partial charge in [0.15, 0.2) is 0 Å². The Morgan fingerprint density at radius 1 is 1.05 bits per heavy atom. The molecule has 5 heteroatoms. The Morgan fingerprint density at radius 2 is 1.75 bits per heavy atom. The van der Waals surface area contributed by atoms with Crippen molar-refractivity contribution in [2.75, 3.05) is 25.0 Å². The molecule has 0 amide bonds. The zero-order chi connectivity index (χ0) is 13.6. The third kappa shape index (κ3) is 3.30. The van der Waals surface area contributed by atoms with Crippen LogP contribution < -0.4 is 10.6 Å². The van der Waals surface area contributed by atoms with Gasteiger partial charge in [-0.3, -0.25) is 4.98 Å². The molecule has 0 radical (unpaired) electrons. The zero-order valence-electron chi connectivity index (χ0n) is 11.4. The number of pyridine rings is 1. The molecule has 0 aliphatic carbocycles. The van der Waals surface area contributed by atoms with Gasteiger partial charge in [-0.1, -0.05) is 0 Å². The molecule has 0 spiro atoms. The van der Waals surface area contributed by atoms with Gasteiger partial charge in [0.05, 0.1) is 0 Å². The summed E-state index contributed by atoms with van der Waals surface area (Å²) < 4.78 is 0. The summed E-state index contributed by atoms with van der Waals surface area (Å²) in [7, 11) is 0. The number of piperidine rings is 1. The SMILES string of the molecule is c1cc(-c2cnc(NCC3CCNCC3)nc2)ccn1. The van der Waals surface area contributed by atoms with E-state index >= 15 is 0 Å². The van der Waals surface area contributed by atoms with Gasteiger partial charge in [-0.2, -0.15) is 0 Å². The average Bonchev–Trinajstić information content (AvgIpc) is 2.55. The van der Waals surface area contributed by atoms with E-state index in [2.05, 4.69) is 25.6 Å². The molecule has 2 N–H and O–H groups in total. The third-order valence-corrected chi connectivity index (χ3v) is 3.67. The lowest BCUT2D eigenvalue weighted by Gasteiger charge is -2.22. The largest absolute Gasteiger partial charge is 0.354 e. The Morgan fingerprint density at radius 3 is 2.45 bits per heavy atom. The predicted octanol–water partition coefficient (Wildman–Crippen LogP) is 1.95. The van der Waals surface area contributed by atoms with Crippen LogP contribution in [0.1, 0.15) is 12.8 Å². The van der Waals surface area contributed by atoms with E-state index in [0.29, 0.717) is 5.95 Å². The van der Waals surface area contributed by atoms with Gasteiger partial charge < -0.3 is 10.6 Å². The molecule has 0 unspecified atom stereocenters. The number of hydrogen-bond donors (Lipinski definition) is 2. The van der Waals surface area contributed by atoms with Crippen LogP contribution in [-0.4, -0.2) is 34.6 Å². The molecule has 5 nitrogen and oxygen atoms in total. The summed E-state index contributed by atoms with van der Waals surface area (Å²) >= 11 is 0. The van der Waals surface area contributed by atoms with Crippen molar-refractivity contribution in [1.29, 1.82) is 0 Å². The zero-order valence-corrected chi connectivity index (χ0v) is 11.4. The lowest BCUT2D eigenvalue weighted by Crippen LogP contribution is -2.31. The second-order valence-corrected chi connectivity index (χ2v) is 5.11. The van der Waals surface area contributed by atoms with Gasteiger partial charge in [-0.15, -0.1) is 0 Å². The summed E-state index contributed by atoms with van der Waals surface area (Å²) in [5.41, 5.74) is 2.10. The third-order valence-electron chi connectivity index (χ3n) is 3.67. The van der Waals surface area contributed by atoms with Crippen LogP contribution in [0.15, 0.2) is 36.9 Å². The van der Waals surface area contributed by atoms with E-state index < -0.39 is 0 Å². The van der Waals surface area contributed by atoms with Crippen molar-refractivity contribution in [3.05, 3.63) is 36.9 Å². The summed E-state index contributed by atoms with van der Waals surface area (Å²) in [6.07, 6.45) is 9.71. The molecular formula is C15H19N5. The van der Waals surface area contributed by atoms with Crippen LogP contribution in [0.2, 0.25) is 0 Å². The van der Waals surface area contributed by atoms with Crippen LogP contribution in [0.4, 0.5) is 5.95 Å². The lowest BCUT2D eigenvalue weighted by molar-refractivity contribution is 0.389. The Labute approximate surface area is 118 Å². The highest BCUT2D eigenvalue weighted by molar-refractivity contribution is 5.61. The standard InChI is InChI=1S/C15H19N5/c1-5-16-6-2-12(1)9-18-15-19-10-14(11-20-15)13-3-7-17-8-4-13/h3-4,7-8,10-12,16H,1-2,5-6,9H2,(H,18,19,20). The van der Waals surface area contributed by atoms with E-state index in [1.165, 1.54) is 12.8 Å². The van der Waals surface area contributed by atoms with Crippen LogP contribution in [0.5, 0.6) is 0 Å². The highest BCUT2D eigenvalue weighted by Gasteiger charge is 2.12. The second-order valence-electron chi connectivity index (χ2n) is 5.11. The molecule has 2 aromatic rings. The first kappa shape index (κ1) is 13.0. The van der Waals surface area contributed by atoms with Gasteiger partial charge >= 0.3 is 0 Å². The van der Waals surface area contributed by atoms with Gasteiger partial charge in [0, 0.05) is 36.9 Å². The van der Waals surface area contributed by atoms with E-state index in [0.717, 1.165) is 36.7 Å². The average molecular weight is 269 g/mol. The quantitative estimate of drug-likeness (QED) is 0.888. The van der Waals surface area contributed by atoms with Crippen LogP contribution >= 0.6 is 0 Å². The summed E-state index contributed by atoms with van der Waals surface area (Å²) in [5, 5.41) is 6.71. The highest BCUT2D eigenvalue weighted by Crippen LogP contribution is 2.17. The first-order valence-electron chi connectivity index (χ1n) is 7.09. The molecule has 104 valence electrons. The fraction of sp³-hybridized carbons (Fsp3) is 0.400. The van der Waals surface area contributed by atoms with Crippen molar-refractivity contribution in [3.63, 3.8) is 0 Å². The van der Waals surface area contributed by atoms with Gasteiger partial charge in [0.2, 0.25) is 5.95 Å². The van der Waals surface area contributed by atoms with E-state index in [-0.39, 0.29) is 0 Å². The number of rotatable bonds is 4. The molecule has 2 aromatic heterocycles. The Balaban J connectivity index is 1.58. The fourth-order valence-electron chi connectivity index (χ4n) is 2.43. The fourth-order valence-corrected chi connectivity index (χ4v) is 2.43. The highest BCUT2D eigenvalue weighted by atomic mass is 15.1. The Bertz CT molecular complexity index is 520. The molecular weight excluding hydrogens is 250 g/mol. The number of anilines is 1. The summed E-state index contributed by atoms with van der Waals surface area (Å²) in [6.45, 7) is 3.19. The van der Waals surface area contributed by atoms with Gasteiger partial charge in [0.25, 0.3) is 0 Å². The summed E-state index contributed by atoms with van der Waals surface area (Å²) in [4.78, 5) is 12.8. The topological polar surface area (TPSA) is 62.7 Å². The molecule has 0 atom stereocenters. The molecule has 20 heavy (non-hydrogen) atoms. The predicted molar refractivity (Wildman–Crippen MR) is 79.3 cm³/mol. The molecule has 3 rings (SSSR count). The van der Waals surface area contributed by atoms with E-state index in [1.807, 2.05) is 24.5 Å². The molecule has 3 heterocycles. The minimum Gasteiger partial charge on any atom is -0.354 e. The maximum absolute atomic E-state index is 4.38. The molecule has 0 bridgehead atoms. The molecule has 1 fully saturated rings. The van der Waals surface area contributed by atoms with Crippen LogP contribution in [-0.2, 0) is 0 Å². The normalized spacial score (nSPS) is 16.0. The van der Waals surface area contributed by atoms with Crippen molar-refractivity contribution >= 4 is 5.95 Å². The van der Waals surface area contributed by atoms with E-state index in [9.17, 15) is 0 Å². The summed E-state index contributed by atoms with van der Waals surface area (Å²) in [5.74, 6) is 1.43. The molecule has 1 aliphatic rings. The number of nitrogens with zero attached hydrogens (tertiary/aromatic N) is 3. The second kappa shape index (κ2) is 6.43. The Hall–Kier alpha value is -2.01. The summed E-state index contributed by atoms with van der Waals surface area (Å²) in [6, 6.07) is 3.92. The smallest absolute Gasteiger partial charge is 0.222 e. The van der Waals surface area contributed by atoms with Crippen LogP contribution in [0.25, 0.3) is 11.1 Å². The van der Waals surface area contributed by atoms with Crippen molar-refractivity contribution in [3.8, 4) is 11.1 Å². The van der Waals surface area contributed by atoms with Crippen LogP contribution in [0.3, 0.4) is 0 Å². The minimum atomic E-state index is 0.710. The number of hydrogen-bond acceptors (Lipinski definition) is 5. The van der Waals surface area contributed by atoms with Crippen molar-refractivity contribution < 1.29 is 0 Å².